The summed E-state index contributed by atoms with van der Waals surface area (Å²) in [6, 6.07) is 8.48. The Morgan fingerprint density at radius 2 is 1.83 bits per heavy atom. The summed E-state index contributed by atoms with van der Waals surface area (Å²) in [4.78, 5) is 84.2. The molecule has 7 rings (SSSR count). The van der Waals surface area contributed by atoms with Crippen molar-refractivity contribution in [3.8, 4) is 11.5 Å². The number of morpholine rings is 1. The van der Waals surface area contributed by atoms with E-state index in [1.807, 2.05) is 29.2 Å². The third-order valence-electron chi connectivity index (χ3n) is 10.2. The Morgan fingerprint density at radius 3 is 2.59 bits per heavy atom. The van der Waals surface area contributed by atoms with Crippen molar-refractivity contribution in [1.29, 1.82) is 0 Å². The van der Waals surface area contributed by atoms with Crippen molar-refractivity contribution in [2.45, 2.75) is 58.7 Å². The summed E-state index contributed by atoms with van der Waals surface area (Å²) in [6.07, 6.45) is 1.20. The Bertz CT molecular complexity index is 2260. The van der Waals surface area contributed by atoms with Gasteiger partial charge in [0.2, 0.25) is 23.7 Å². The zero-order valence-corrected chi connectivity index (χ0v) is 32.4. The third-order valence-corrected chi connectivity index (χ3v) is 10.2. The van der Waals surface area contributed by atoms with E-state index in [9.17, 15) is 28.8 Å². The van der Waals surface area contributed by atoms with Crippen molar-refractivity contribution < 1.29 is 43.0 Å². The minimum atomic E-state index is -1.13. The fourth-order valence-corrected chi connectivity index (χ4v) is 7.36. The Hall–Kier alpha value is -6.34. The summed E-state index contributed by atoms with van der Waals surface area (Å²) in [6.45, 7) is 8.99. The van der Waals surface area contributed by atoms with Crippen LogP contribution in [0, 0.1) is 6.92 Å². The molecule has 1 unspecified atom stereocenters. The number of carbonyl (C=O) groups excluding carboxylic acids is 6. The molecule has 306 valence electrons. The molecule has 4 aromatic rings. The van der Waals surface area contributed by atoms with Crippen molar-refractivity contribution in [1.82, 2.24) is 39.8 Å². The van der Waals surface area contributed by atoms with Gasteiger partial charge < -0.3 is 35.1 Å². The van der Waals surface area contributed by atoms with Crippen LogP contribution in [0.2, 0.25) is 0 Å². The van der Waals surface area contributed by atoms with Crippen molar-refractivity contribution >= 4 is 58.2 Å². The molecule has 0 saturated carbocycles. The van der Waals surface area contributed by atoms with Crippen LogP contribution in [0.1, 0.15) is 69.4 Å². The van der Waals surface area contributed by atoms with Gasteiger partial charge in [0.15, 0.2) is 6.61 Å². The van der Waals surface area contributed by atoms with Gasteiger partial charge in [-0.3, -0.25) is 43.9 Å². The number of imide groups is 2. The van der Waals surface area contributed by atoms with Gasteiger partial charge in [-0.25, -0.2) is 9.67 Å². The summed E-state index contributed by atoms with van der Waals surface area (Å²) in [7, 11) is 0. The minimum Gasteiger partial charge on any atom is -0.491 e. The van der Waals surface area contributed by atoms with E-state index in [1.54, 1.807) is 12.1 Å². The van der Waals surface area contributed by atoms with E-state index in [-0.39, 0.29) is 41.8 Å². The molecular weight excluding hydrogens is 752 g/mol. The minimum absolute atomic E-state index is 0.00661. The predicted octanol–water partition coefficient (Wildman–Crippen LogP) is 1.49. The number of hydrogen-bond donors (Lipinski definition) is 4. The molecule has 2 aromatic carbocycles. The number of aromatic nitrogens is 4. The quantitative estimate of drug-likeness (QED) is 0.0877. The second-order valence-corrected chi connectivity index (χ2v) is 14.2. The lowest BCUT2D eigenvalue weighted by atomic mass is 10.0. The fourth-order valence-electron chi connectivity index (χ4n) is 7.36. The van der Waals surface area contributed by atoms with Crippen LogP contribution in [-0.2, 0) is 32.2 Å². The van der Waals surface area contributed by atoms with Crippen LogP contribution in [0.15, 0.2) is 36.4 Å². The van der Waals surface area contributed by atoms with E-state index in [1.165, 1.54) is 18.2 Å². The highest BCUT2D eigenvalue weighted by Gasteiger charge is 2.46. The molecule has 0 aliphatic carbocycles. The van der Waals surface area contributed by atoms with Crippen molar-refractivity contribution in [3.05, 3.63) is 58.8 Å². The number of nitrogens with two attached hydrogens (primary N) is 1. The second kappa shape index (κ2) is 17.4. The zero-order valence-electron chi connectivity index (χ0n) is 32.4. The van der Waals surface area contributed by atoms with Crippen molar-refractivity contribution in [3.63, 3.8) is 0 Å². The summed E-state index contributed by atoms with van der Waals surface area (Å²) >= 11 is 0. The Morgan fingerprint density at radius 1 is 1.02 bits per heavy atom. The highest BCUT2D eigenvalue weighted by atomic mass is 16.5. The van der Waals surface area contributed by atoms with Gasteiger partial charge in [0.05, 0.1) is 42.2 Å². The Kier molecular flexibility index (Phi) is 12.0. The number of hydrogen-bond acceptors (Lipinski definition) is 13. The molecule has 5 N–H and O–H groups in total. The number of piperidine rings is 1. The average molecular weight is 799 g/mol. The number of nitrogens with one attached hydrogen (secondary N) is 3. The fraction of sp³-hybridized carbons (Fsp3) is 0.436. The summed E-state index contributed by atoms with van der Waals surface area (Å²) in [5, 5.41) is 12.9. The molecule has 3 aliphatic rings. The Labute approximate surface area is 333 Å². The van der Waals surface area contributed by atoms with Crippen LogP contribution in [0.25, 0.3) is 11.0 Å². The normalized spacial score (nSPS) is 17.1. The highest BCUT2D eigenvalue weighted by Crippen LogP contribution is 2.35. The molecule has 0 bridgehead atoms. The molecule has 2 fully saturated rings. The van der Waals surface area contributed by atoms with E-state index < -0.39 is 48.1 Å². The maximum absolute atomic E-state index is 13.4. The standard InChI is InChI=1S/C39H46N10O9/c1-3-48-30(19-23(2)45-48)43-39-42-26-20-24(35(40)52)21-29(57-16-6-12-46-14-17-56-18-15-46)34(26)47(39)13-5-11-41-32(51)22-58-28-8-4-7-25-33(28)38(55)49(37(25)54)27-9-10-31(50)44-36(27)53/h4,7-8,19-21,27H,3,5-6,9-18,22H2,1-2H3,(H2,40,52)(H,41,51)(H,42,43)(H,44,50,53). The van der Waals surface area contributed by atoms with E-state index >= 15 is 0 Å². The summed E-state index contributed by atoms with van der Waals surface area (Å²) in [5.74, 6) is -2.01. The van der Waals surface area contributed by atoms with E-state index in [2.05, 4.69) is 25.9 Å². The maximum Gasteiger partial charge on any atom is 0.266 e. The smallest absolute Gasteiger partial charge is 0.266 e. The number of imidazole rings is 1. The lowest BCUT2D eigenvalue weighted by Crippen LogP contribution is -2.54. The first-order valence-corrected chi connectivity index (χ1v) is 19.3. The largest absolute Gasteiger partial charge is 0.491 e. The van der Waals surface area contributed by atoms with E-state index in [4.69, 9.17) is 24.9 Å². The maximum atomic E-state index is 13.4. The number of aryl methyl sites for hydroxylation is 3. The third kappa shape index (κ3) is 8.49. The molecule has 0 radical (unpaired) electrons. The lowest BCUT2D eigenvalue weighted by Gasteiger charge is -2.27. The number of anilines is 2. The van der Waals surface area contributed by atoms with Gasteiger partial charge in [0, 0.05) is 57.3 Å². The molecule has 19 nitrogen and oxygen atoms in total. The second-order valence-electron chi connectivity index (χ2n) is 14.2. The monoisotopic (exact) mass is 798 g/mol. The zero-order chi connectivity index (χ0) is 40.9. The molecular formula is C39H46N10O9. The SMILES string of the molecule is CCn1nc(C)cc1Nc1nc2cc(C(N)=O)cc(OCCCN3CCOCC3)c2n1CCCNC(=O)COc1cccc2c1C(=O)N(C1CCC(=O)NC1=O)C2=O. The van der Waals surface area contributed by atoms with Crippen molar-refractivity contribution in [2.75, 3.05) is 57.9 Å². The summed E-state index contributed by atoms with van der Waals surface area (Å²) in [5.41, 5.74) is 7.95. The van der Waals surface area contributed by atoms with Gasteiger partial charge >= 0.3 is 0 Å². The number of benzene rings is 2. The van der Waals surface area contributed by atoms with Crippen LogP contribution in [-0.4, -0.2) is 123 Å². The number of nitrogens with zero attached hydrogens (tertiary/aromatic N) is 6. The van der Waals surface area contributed by atoms with E-state index in [0.717, 1.165) is 42.5 Å². The molecule has 19 heteroatoms. The molecule has 2 saturated heterocycles. The van der Waals surface area contributed by atoms with Crippen LogP contribution in [0.5, 0.6) is 11.5 Å². The van der Waals surface area contributed by atoms with Gasteiger partial charge in [-0.05, 0) is 57.4 Å². The number of primary amides is 1. The van der Waals surface area contributed by atoms with Gasteiger partial charge in [-0.1, -0.05) is 6.07 Å². The van der Waals surface area contributed by atoms with Gasteiger partial charge in [0.25, 0.3) is 17.7 Å². The van der Waals surface area contributed by atoms with Crippen LogP contribution < -0.4 is 31.2 Å². The lowest BCUT2D eigenvalue weighted by molar-refractivity contribution is -0.136. The van der Waals surface area contributed by atoms with Crippen LogP contribution >= 0.6 is 0 Å². The van der Waals surface area contributed by atoms with Crippen molar-refractivity contribution in [2.24, 2.45) is 5.73 Å². The molecule has 3 aliphatic heterocycles. The number of amides is 6. The average Bonchev–Trinajstić information content (AvgIpc) is 3.84. The topological polar surface area (TPSA) is 234 Å². The van der Waals surface area contributed by atoms with E-state index in [0.29, 0.717) is 62.1 Å². The van der Waals surface area contributed by atoms with Gasteiger partial charge in [-0.2, -0.15) is 5.10 Å². The first-order chi connectivity index (χ1) is 28.0. The first-order valence-electron chi connectivity index (χ1n) is 19.3. The van der Waals surface area contributed by atoms with Gasteiger partial charge in [-0.15, -0.1) is 0 Å². The number of ether oxygens (including phenoxy) is 3. The first kappa shape index (κ1) is 39.9. The molecule has 0 spiro atoms. The van der Waals surface area contributed by atoms with Crippen LogP contribution in [0.4, 0.5) is 11.8 Å². The molecule has 2 aromatic heterocycles. The summed E-state index contributed by atoms with van der Waals surface area (Å²) < 4.78 is 21.3. The Balaban J connectivity index is 1.03. The molecule has 6 amide bonds. The number of fused-ring (bicyclic) bond motifs is 2. The van der Waals surface area contributed by atoms with Gasteiger partial charge in [0.1, 0.15) is 28.9 Å². The molecule has 5 heterocycles. The number of rotatable bonds is 17. The predicted molar refractivity (Wildman–Crippen MR) is 208 cm³/mol. The molecule has 58 heavy (non-hydrogen) atoms. The van der Waals surface area contributed by atoms with Crippen LogP contribution in [0.3, 0.4) is 0 Å². The molecule has 1 atom stereocenters. The highest BCUT2D eigenvalue weighted by molar-refractivity contribution is 6.24. The number of carbonyl (C=O) groups is 6.